The number of aryl methyl sites for hydroxylation is 1. The summed E-state index contributed by atoms with van der Waals surface area (Å²) in [6.45, 7) is 7.50. The van der Waals surface area contributed by atoms with Crippen molar-refractivity contribution in [2.24, 2.45) is 5.41 Å². The van der Waals surface area contributed by atoms with Gasteiger partial charge < -0.3 is 15.0 Å². The van der Waals surface area contributed by atoms with Crippen LogP contribution in [0.15, 0.2) is 30.3 Å². The molecular weight excluding hydrogens is 288 g/mol. The molecule has 0 saturated carbocycles. The zero-order valence-electron chi connectivity index (χ0n) is 14.3. The van der Waals surface area contributed by atoms with E-state index in [4.69, 9.17) is 4.74 Å². The third-order valence-corrected chi connectivity index (χ3v) is 5.31. The molecule has 1 aromatic carbocycles. The van der Waals surface area contributed by atoms with Crippen molar-refractivity contribution in [3.63, 3.8) is 0 Å². The Bertz CT molecular complexity index is 533. The lowest BCUT2D eigenvalue weighted by Crippen LogP contribution is -2.56. The summed E-state index contributed by atoms with van der Waals surface area (Å²) in [5, 5.41) is 3.31. The molecule has 3 atom stereocenters. The van der Waals surface area contributed by atoms with Crippen molar-refractivity contribution in [2.45, 2.75) is 45.3 Å². The second kappa shape index (κ2) is 7.02. The monoisotopic (exact) mass is 316 g/mol. The Morgan fingerprint density at radius 2 is 2.17 bits per heavy atom. The Kier molecular flexibility index (Phi) is 5.02. The molecule has 2 heterocycles. The third kappa shape index (κ3) is 3.93. The van der Waals surface area contributed by atoms with Crippen LogP contribution >= 0.6 is 0 Å². The molecule has 1 aromatic rings. The normalized spacial score (nSPS) is 31.3. The van der Waals surface area contributed by atoms with Gasteiger partial charge in [0.1, 0.15) is 6.04 Å². The van der Waals surface area contributed by atoms with Crippen LogP contribution in [0.3, 0.4) is 0 Å². The van der Waals surface area contributed by atoms with Crippen molar-refractivity contribution in [1.82, 2.24) is 10.2 Å². The topological polar surface area (TPSA) is 41.6 Å². The fourth-order valence-corrected chi connectivity index (χ4v) is 3.71. The lowest BCUT2D eigenvalue weighted by atomic mass is 9.83. The Balaban J connectivity index is 1.55. The number of hydrogen-bond donors (Lipinski definition) is 1. The van der Waals surface area contributed by atoms with Crippen molar-refractivity contribution in [3.8, 4) is 0 Å². The molecule has 2 fully saturated rings. The van der Waals surface area contributed by atoms with E-state index in [1.807, 2.05) is 11.8 Å². The zero-order valence-corrected chi connectivity index (χ0v) is 14.3. The summed E-state index contributed by atoms with van der Waals surface area (Å²) in [5.74, 6) is 0.209. The molecule has 1 N–H and O–H groups in total. The van der Waals surface area contributed by atoms with E-state index >= 15 is 0 Å². The maximum Gasteiger partial charge on any atom is 0.242 e. The fraction of sp³-hybridized carbons (Fsp3) is 0.632. The minimum absolute atomic E-state index is 0.0348. The summed E-state index contributed by atoms with van der Waals surface area (Å²) in [7, 11) is 0. The summed E-state index contributed by atoms with van der Waals surface area (Å²) in [5.41, 5.74) is 1.61. The van der Waals surface area contributed by atoms with Crippen molar-refractivity contribution < 1.29 is 9.53 Å². The summed E-state index contributed by atoms with van der Waals surface area (Å²) < 4.78 is 5.62. The summed E-state index contributed by atoms with van der Waals surface area (Å²) >= 11 is 0. The lowest BCUT2D eigenvalue weighted by molar-refractivity contribution is -0.138. The van der Waals surface area contributed by atoms with E-state index < -0.39 is 0 Å². The predicted octanol–water partition coefficient (Wildman–Crippen LogP) is 2.23. The van der Waals surface area contributed by atoms with Gasteiger partial charge in [0.2, 0.25) is 5.91 Å². The Labute approximate surface area is 139 Å². The molecule has 126 valence electrons. The highest BCUT2D eigenvalue weighted by Gasteiger charge is 2.39. The van der Waals surface area contributed by atoms with Crippen molar-refractivity contribution in [3.05, 3.63) is 35.9 Å². The lowest BCUT2D eigenvalue weighted by Gasteiger charge is -2.33. The Morgan fingerprint density at radius 3 is 2.91 bits per heavy atom. The maximum atomic E-state index is 12.8. The molecule has 2 aliphatic rings. The average molecular weight is 316 g/mol. The average Bonchev–Trinajstić information content (AvgIpc) is 2.97. The SMILES string of the molecule is C[C@H]1OCCN[C@@H]1C(=O)N1CCC(C)(CCc2ccccc2)C1. The molecule has 4 nitrogen and oxygen atoms in total. The zero-order chi connectivity index (χ0) is 16.3. The van der Waals surface area contributed by atoms with Crippen molar-refractivity contribution in [1.29, 1.82) is 0 Å². The quantitative estimate of drug-likeness (QED) is 0.926. The first-order valence-corrected chi connectivity index (χ1v) is 8.75. The first-order chi connectivity index (χ1) is 11.1. The number of hydrogen-bond acceptors (Lipinski definition) is 3. The molecule has 0 bridgehead atoms. The standard InChI is InChI=1S/C19H28N2O2/c1-15-17(20-11-13-23-15)18(22)21-12-10-19(2,14-21)9-8-16-6-4-3-5-7-16/h3-7,15,17,20H,8-14H2,1-2H3/t15-,17+,19?/m1/s1. The number of morpholine rings is 1. The molecule has 0 aromatic heterocycles. The molecule has 0 spiro atoms. The number of amides is 1. The van der Waals surface area contributed by atoms with Gasteiger partial charge >= 0.3 is 0 Å². The number of rotatable bonds is 4. The molecule has 23 heavy (non-hydrogen) atoms. The highest BCUT2D eigenvalue weighted by molar-refractivity contribution is 5.83. The molecule has 1 amide bonds. The highest BCUT2D eigenvalue weighted by atomic mass is 16.5. The van der Waals surface area contributed by atoms with Crippen molar-refractivity contribution in [2.75, 3.05) is 26.2 Å². The molecular formula is C19H28N2O2. The smallest absolute Gasteiger partial charge is 0.242 e. The predicted molar refractivity (Wildman–Crippen MR) is 91.3 cm³/mol. The largest absolute Gasteiger partial charge is 0.375 e. The van der Waals surface area contributed by atoms with Gasteiger partial charge in [0.05, 0.1) is 12.7 Å². The summed E-state index contributed by atoms with van der Waals surface area (Å²) in [6.07, 6.45) is 3.27. The van der Waals surface area contributed by atoms with Crippen LogP contribution in [0.1, 0.15) is 32.3 Å². The first kappa shape index (κ1) is 16.5. The second-order valence-corrected chi connectivity index (χ2v) is 7.31. The second-order valence-electron chi connectivity index (χ2n) is 7.31. The number of benzene rings is 1. The third-order valence-electron chi connectivity index (χ3n) is 5.31. The Morgan fingerprint density at radius 1 is 1.39 bits per heavy atom. The molecule has 2 saturated heterocycles. The number of carbonyl (C=O) groups excluding carboxylic acids is 1. The minimum atomic E-state index is -0.180. The van der Waals surface area contributed by atoms with Gasteiger partial charge in [-0.15, -0.1) is 0 Å². The Hall–Kier alpha value is -1.39. The van der Waals surface area contributed by atoms with Crippen LogP contribution < -0.4 is 5.32 Å². The van der Waals surface area contributed by atoms with Gasteiger partial charge in [-0.25, -0.2) is 0 Å². The van der Waals surface area contributed by atoms with E-state index in [1.54, 1.807) is 0 Å². The van der Waals surface area contributed by atoms with Crippen LogP contribution in [0, 0.1) is 5.41 Å². The van der Waals surface area contributed by atoms with Gasteiger partial charge in [0.15, 0.2) is 0 Å². The van der Waals surface area contributed by atoms with Gasteiger partial charge in [-0.2, -0.15) is 0 Å². The molecule has 1 unspecified atom stereocenters. The van der Waals surface area contributed by atoms with E-state index in [0.29, 0.717) is 6.61 Å². The van der Waals surface area contributed by atoms with Crippen LogP contribution in [0.4, 0.5) is 0 Å². The number of carbonyl (C=O) groups is 1. The van der Waals surface area contributed by atoms with E-state index in [1.165, 1.54) is 5.56 Å². The first-order valence-electron chi connectivity index (χ1n) is 8.75. The molecule has 2 aliphatic heterocycles. The highest BCUT2D eigenvalue weighted by Crippen LogP contribution is 2.35. The van der Waals surface area contributed by atoms with Gasteiger partial charge in [-0.1, -0.05) is 37.3 Å². The molecule has 0 aliphatic carbocycles. The van der Waals surface area contributed by atoms with Gasteiger partial charge in [0.25, 0.3) is 0 Å². The summed E-state index contributed by atoms with van der Waals surface area (Å²) in [6, 6.07) is 10.4. The van der Waals surface area contributed by atoms with E-state index in [-0.39, 0.29) is 23.5 Å². The molecule has 4 heteroatoms. The van der Waals surface area contributed by atoms with Gasteiger partial charge in [-0.05, 0) is 37.2 Å². The van der Waals surface area contributed by atoms with Crippen LogP contribution in [-0.4, -0.2) is 49.2 Å². The maximum absolute atomic E-state index is 12.8. The van der Waals surface area contributed by atoms with Gasteiger partial charge in [0, 0.05) is 19.6 Å². The molecule has 0 radical (unpaired) electrons. The molecule has 3 rings (SSSR count). The summed E-state index contributed by atoms with van der Waals surface area (Å²) in [4.78, 5) is 14.8. The number of nitrogens with one attached hydrogen (secondary N) is 1. The van der Waals surface area contributed by atoms with Crippen LogP contribution in [0.25, 0.3) is 0 Å². The van der Waals surface area contributed by atoms with Crippen LogP contribution in [0.2, 0.25) is 0 Å². The van der Waals surface area contributed by atoms with E-state index in [9.17, 15) is 4.79 Å². The number of nitrogens with zero attached hydrogens (tertiary/aromatic N) is 1. The van der Waals surface area contributed by atoms with E-state index in [2.05, 4.69) is 42.6 Å². The van der Waals surface area contributed by atoms with Crippen molar-refractivity contribution >= 4 is 5.91 Å². The number of likely N-dealkylation sites (tertiary alicyclic amines) is 1. The van der Waals surface area contributed by atoms with Crippen LogP contribution in [-0.2, 0) is 16.0 Å². The number of ether oxygens (including phenoxy) is 1. The van der Waals surface area contributed by atoms with E-state index in [0.717, 1.165) is 38.9 Å². The minimum Gasteiger partial charge on any atom is -0.375 e. The van der Waals surface area contributed by atoms with Gasteiger partial charge in [-0.3, -0.25) is 4.79 Å². The fourth-order valence-electron chi connectivity index (χ4n) is 3.71. The van der Waals surface area contributed by atoms with Crippen LogP contribution in [0.5, 0.6) is 0 Å².